The minimum Gasteiger partial charge on any atom is -0.455 e. The Balaban J connectivity index is 1.27. The molecule has 0 atom stereocenters. The molecule has 0 saturated carbocycles. The molecule has 2 aromatic heterocycles. The monoisotopic (exact) mass is 677 g/mol. The van der Waals surface area contributed by atoms with Gasteiger partial charge in [-0.2, -0.15) is 0 Å². The van der Waals surface area contributed by atoms with Gasteiger partial charge in [0.2, 0.25) is 0 Å². The Hall–Kier alpha value is -7.17. The minimum atomic E-state index is 0.600. The third kappa shape index (κ3) is 5.63. The van der Waals surface area contributed by atoms with Crippen LogP contribution in [-0.4, -0.2) is 15.0 Å². The summed E-state index contributed by atoms with van der Waals surface area (Å²) in [6.45, 7) is 0. The number of benzene rings is 8. The van der Waals surface area contributed by atoms with Crippen molar-refractivity contribution in [2.75, 3.05) is 0 Å². The summed E-state index contributed by atoms with van der Waals surface area (Å²) in [5.41, 5.74) is 11.1. The number of hydrogen-bond acceptors (Lipinski definition) is 4. The molecule has 10 aromatic rings. The van der Waals surface area contributed by atoms with Crippen molar-refractivity contribution < 1.29 is 4.42 Å². The second-order valence-corrected chi connectivity index (χ2v) is 13.2. The fourth-order valence-electron chi connectivity index (χ4n) is 7.28. The zero-order valence-corrected chi connectivity index (χ0v) is 28.6. The van der Waals surface area contributed by atoms with Gasteiger partial charge >= 0.3 is 0 Å². The first-order valence-corrected chi connectivity index (χ1v) is 17.8. The number of aromatic nitrogens is 3. The van der Waals surface area contributed by atoms with E-state index in [1.54, 1.807) is 0 Å². The van der Waals surface area contributed by atoms with Crippen molar-refractivity contribution in [1.82, 2.24) is 15.0 Å². The number of para-hydroxylation sites is 1. The lowest BCUT2D eigenvalue weighted by atomic mass is 9.95. The molecule has 0 radical (unpaired) electrons. The number of nitrogens with zero attached hydrogens (tertiary/aromatic N) is 3. The van der Waals surface area contributed by atoms with Crippen LogP contribution in [0.15, 0.2) is 192 Å². The number of fused-ring (bicyclic) bond motifs is 5. The SMILES string of the molecule is c1ccc(-c2cc(-c3ccccc3)cc(-c3nc(-c4ccccc4)nc(-c4cc5c6ccccc6oc5c5ccc(-c6ccccc6)cc45)n3)c2)cc1. The van der Waals surface area contributed by atoms with E-state index in [9.17, 15) is 0 Å². The highest BCUT2D eigenvalue weighted by molar-refractivity contribution is 6.19. The van der Waals surface area contributed by atoms with E-state index in [-0.39, 0.29) is 0 Å². The summed E-state index contributed by atoms with van der Waals surface area (Å²) in [4.78, 5) is 15.7. The Kier molecular flexibility index (Phi) is 7.43. The average molecular weight is 678 g/mol. The minimum absolute atomic E-state index is 0.600. The molecule has 0 N–H and O–H groups in total. The van der Waals surface area contributed by atoms with Crippen LogP contribution in [0.3, 0.4) is 0 Å². The Morgan fingerprint density at radius 2 is 0.774 bits per heavy atom. The summed E-state index contributed by atoms with van der Waals surface area (Å²) >= 11 is 0. The van der Waals surface area contributed by atoms with Gasteiger partial charge in [0.05, 0.1) is 0 Å². The second-order valence-electron chi connectivity index (χ2n) is 13.2. The molecule has 248 valence electrons. The Morgan fingerprint density at radius 1 is 0.283 bits per heavy atom. The molecule has 0 saturated heterocycles. The zero-order chi connectivity index (χ0) is 35.1. The van der Waals surface area contributed by atoms with Crippen molar-refractivity contribution in [1.29, 1.82) is 0 Å². The lowest BCUT2D eigenvalue weighted by molar-refractivity contribution is 0.672. The number of hydrogen-bond donors (Lipinski definition) is 0. The van der Waals surface area contributed by atoms with Gasteiger partial charge < -0.3 is 4.42 Å². The van der Waals surface area contributed by atoms with Crippen LogP contribution < -0.4 is 0 Å². The topological polar surface area (TPSA) is 51.8 Å². The lowest BCUT2D eigenvalue weighted by Crippen LogP contribution is -2.01. The maximum atomic E-state index is 6.55. The summed E-state index contributed by atoms with van der Waals surface area (Å²) < 4.78 is 6.55. The summed E-state index contributed by atoms with van der Waals surface area (Å²) in [7, 11) is 0. The van der Waals surface area contributed by atoms with Crippen LogP contribution in [0.25, 0.3) is 100 Å². The third-order valence-electron chi connectivity index (χ3n) is 9.90. The van der Waals surface area contributed by atoms with E-state index in [2.05, 4.69) is 140 Å². The molecule has 0 spiro atoms. The molecule has 4 nitrogen and oxygen atoms in total. The van der Waals surface area contributed by atoms with Gasteiger partial charge in [-0.15, -0.1) is 0 Å². The van der Waals surface area contributed by atoms with Crippen LogP contribution in [0.5, 0.6) is 0 Å². The van der Waals surface area contributed by atoms with Gasteiger partial charge in [-0.05, 0) is 81.2 Å². The predicted octanol–water partition coefficient (Wildman–Crippen LogP) is 12.9. The molecule has 0 aliphatic heterocycles. The van der Waals surface area contributed by atoms with E-state index in [4.69, 9.17) is 19.4 Å². The molecule has 0 amide bonds. The van der Waals surface area contributed by atoms with Gasteiger partial charge in [0.1, 0.15) is 11.2 Å². The van der Waals surface area contributed by atoms with Crippen LogP contribution >= 0.6 is 0 Å². The zero-order valence-electron chi connectivity index (χ0n) is 28.6. The highest BCUT2D eigenvalue weighted by Crippen LogP contribution is 2.41. The van der Waals surface area contributed by atoms with Gasteiger partial charge in [-0.3, -0.25) is 0 Å². The molecule has 10 rings (SSSR count). The van der Waals surface area contributed by atoms with E-state index < -0.39 is 0 Å². The summed E-state index contributed by atoms with van der Waals surface area (Å²) in [6, 6.07) is 65.2. The molecule has 53 heavy (non-hydrogen) atoms. The van der Waals surface area contributed by atoms with Gasteiger partial charge in [0.25, 0.3) is 0 Å². The molecule has 2 heterocycles. The highest BCUT2D eigenvalue weighted by atomic mass is 16.3. The van der Waals surface area contributed by atoms with Crippen molar-refractivity contribution in [3.63, 3.8) is 0 Å². The van der Waals surface area contributed by atoms with Crippen LogP contribution in [-0.2, 0) is 0 Å². The van der Waals surface area contributed by atoms with Crippen molar-refractivity contribution in [2.45, 2.75) is 0 Å². The van der Waals surface area contributed by atoms with Crippen LogP contribution in [0.1, 0.15) is 0 Å². The van der Waals surface area contributed by atoms with Gasteiger partial charge in [0, 0.05) is 32.8 Å². The molecule has 8 aromatic carbocycles. The molecule has 0 aliphatic carbocycles. The third-order valence-corrected chi connectivity index (χ3v) is 9.90. The van der Waals surface area contributed by atoms with E-state index in [1.807, 2.05) is 48.5 Å². The van der Waals surface area contributed by atoms with E-state index in [0.29, 0.717) is 17.5 Å². The van der Waals surface area contributed by atoms with Crippen molar-refractivity contribution in [3.8, 4) is 67.5 Å². The standard InChI is InChI=1S/C49H31N3O/c1-5-15-32(16-6-1)36-25-26-41-42(30-36)44(31-43-40-23-13-14-24-45(40)53-46(41)43)49-51-47(35-21-11-4-12-22-35)50-48(52-49)39-28-37(33-17-7-2-8-18-33)27-38(29-39)34-19-9-3-10-20-34/h1-31H. The molecule has 0 aliphatic rings. The fraction of sp³-hybridized carbons (Fsp3) is 0. The highest BCUT2D eigenvalue weighted by Gasteiger charge is 2.20. The maximum Gasteiger partial charge on any atom is 0.164 e. The lowest BCUT2D eigenvalue weighted by Gasteiger charge is -2.14. The van der Waals surface area contributed by atoms with Crippen molar-refractivity contribution in [2.24, 2.45) is 0 Å². The molecule has 4 heteroatoms. The van der Waals surface area contributed by atoms with E-state index >= 15 is 0 Å². The molecule has 0 bridgehead atoms. The average Bonchev–Trinajstić information content (AvgIpc) is 3.63. The first-order valence-electron chi connectivity index (χ1n) is 17.8. The molecule has 0 fully saturated rings. The number of rotatable bonds is 6. The van der Waals surface area contributed by atoms with Crippen molar-refractivity contribution in [3.05, 3.63) is 188 Å². The summed E-state index contributed by atoms with van der Waals surface area (Å²) in [5, 5.41) is 4.10. The number of furan rings is 1. The quantitative estimate of drug-likeness (QED) is 0.176. The van der Waals surface area contributed by atoms with Gasteiger partial charge in [0.15, 0.2) is 17.5 Å². The van der Waals surface area contributed by atoms with Crippen LogP contribution in [0, 0.1) is 0 Å². The molecular formula is C49H31N3O. The summed E-state index contributed by atoms with van der Waals surface area (Å²) in [6.07, 6.45) is 0. The van der Waals surface area contributed by atoms with Crippen molar-refractivity contribution >= 4 is 32.7 Å². The maximum absolute atomic E-state index is 6.55. The Bertz CT molecular complexity index is 2860. The normalized spacial score (nSPS) is 11.4. The first kappa shape index (κ1) is 30.6. The largest absolute Gasteiger partial charge is 0.455 e. The second kappa shape index (κ2) is 12.9. The van der Waals surface area contributed by atoms with Gasteiger partial charge in [-0.25, -0.2) is 15.0 Å². The van der Waals surface area contributed by atoms with Crippen LogP contribution in [0.4, 0.5) is 0 Å². The Labute approximate surface area is 306 Å². The molecule has 0 unspecified atom stereocenters. The van der Waals surface area contributed by atoms with Gasteiger partial charge in [-0.1, -0.05) is 146 Å². The summed E-state index contributed by atoms with van der Waals surface area (Å²) in [5.74, 6) is 1.82. The van der Waals surface area contributed by atoms with Crippen LogP contribution in [0.2, 0.25) is 0 Å². The smallest absolute Gasteiger partial charge is 0.164 e. The Morgan fingerprint density at radius 3 is 1.40 bits per heavy atom. The van der Waals surface area contributed by atoms with E-state index in [0.717, 1.165) is 82.8 Å². The molecular weight excluding hydrogens is 647 g/mol. The predicted molar refractivity (Wildman–Crippen MR) is 217 cm³/mol. The first-order chi connectivity index (χ1) is 26.2. The van der Waals surface area contributed by atoms with E-state index in [1.165, 1.54) is 0 Å². The fourth-order valence-corrected chi connectivity index (χ4v) is 7.28.